The Labute approximate surface area is 111 Å². The van der Waals surface area contributed by atoms with E-state index in [4.69, 9.17) is 11.6 Å². The first-order valence-electron chi connectivity index (χ1n) is 5.71. The zero-order valence-electron chi connectivity index (χ0n) is 9.98. The second-order valence-electron chi connectivity index (χ2n) is 3.85. The van der Waals surface area contributed by atoms with Crippen molar-refractivity contribution in [2.24, 2.45) is 0 Å². The van der Waals surface area contributed by atoms with E-state index in [0.29, 0.717) is 5.56 Å². The van der Waals surface area contributed by atoms with Crippen LogP contribution in [-0.2, 0) is 6.42 Å². The molecule has 0 radical (unpaired) electrons. The lowest BCUT2D eigenvalue weighted by atomic mass is 10.1. The Bertz CT molecular complexity index is 569. The summed E-state index contributed by atoms with van der Waals surface area (Å²) < 4.78 is 0. The number of nitrogens with one attached hydrogen (secondary N) is 1. The molecule has 18 heavy (non-hydrogen) atoms. The smallest absolute Gasteiger partial charge is 0.258 e. The molecule has 1 aromatic heterocycles. The van der Waals surface area contributed by atoms with Crippen molar-refractivity contribution < 1.29 is 4.79 Å². The second-order valence-corrected chi connectivity index (χ2v) is 4.21. The molecule has 0 fully saturated rings. The molecular formula is C14H13ClN2O. The van der Waals surface area contributed by atoms with Crippen LogP contribution in [0.2, 0.25) is 5.15 Å². The average molecular weight is 261 g/mol. The van der Waals surface area contributed by atoms with Gasteiger partial charge in [-0.15, -0.1) is 0 Å². The molecule has 0 saturated heterocycles. The van der Waals surface area contributed by atoms with Gasteiger partial charge in [-0.1, -0.05) is 30.7 Å². The standard InChI is InChI=1S/C14H13ClN2O/c1-2-10-5-3-6-11(9-10)17-14(18)12-7-4-8-16-13(12)15/h3-9H,2H2,1H3,(H,17,18). The maximum atomic E-state index is 12.0. The number of nitrogens with zero attached hydrogens (tertiary/aromatic N) is 1. The first kappa shape index (κ1) is 12.6. The fraction of sp³-hybridized carbons (Fsp3) is 0.143. The van der Waals surface area contributed by atoms with Gasteiger partial charge in [0, 0.05) is 11.9 Å². The van der Waals surface area contributed by atoms with Crippen LogP contribution in [0.3, 0.4) is 0 Å². The van der Waals surface area contributed by atoms with Crippen molar-refractivity contribution in [1.29, 1.82) is 0 Å². The Morgan fingerprint density at radius 1 is 1.33 bits per heavy atom. The number of carbonyl (C=O) groups excluding carboxylic acids is 1. The van der Waals surface area contributed by atoms with Gasteiger partial charge in [0.25, 0.3) is 5.91 Å². The number of rotatable bonds is 3. The Morgan fingerprint density at radius 2 is 2.17 bits per heavy atom. The number of anilines is 1. The number of aromatic nitrogens is 1. The molecule has 2 aromatic rings. The minimum Gasteiger partial charge on any atom is -0.322 e. The number of amides is 1. The number of aryl methyl sites for hydroxylation is 1. The Hall–Kier alpha value is -1.87. The van der Waals surface area contributed by atoms with Gasteiger partial charge >= 0.3 is 0 Å². The second kappa shape index (κ2) is 5.65. The fourth-order valence-corrected chi connectivity index (χ4v) is 1.83. The lowest BCUT2D eigenvalue weighted by Crippen LogP contribution is -2.12. The molecule has 1 amide bonds. The summed E-state index contributed by atoms with van der Waals surface area (Å²) in [7, 11) is 0. The van der Waals surface area contributed by atoms with Crippen molar-refractivity contribution in [3.05, 3.63) is 58.9 Å². The molecule has 0 atom stereocenters. The summed E-state index contributed by atoms with van der Waals surface area (Å²) in [6.45, 7) is 2.07. The lowest BCUT2D eigenvalue weighted by molar-refractivity contribution is 0.102. The summed E-state index contributed by atoms with van der Waals surface area (Å²) in [6, 6.07) is 11.1. The quantitative estimate of drug-likeness (QED) is 0.858. The summed E-state index contributed by atoms with van der Waals surface area (Å²) in [5, 5.41) is 3.02. The van der Waals surface area contributed by atoms with Crippen LogP contribution in [0.25, 0.3) is 0 Å². The molecule has 0 bridgehead atoms. The number of hydrogen-bond donors (Lipinski definition) is 1. The van der Waals surface area contributed by atoms with Gasteiger partial charge in [0.05, 0.1) is 5.56 Å². The predicted molar refractivity (Wildman–Crippen MR) is 73.0 cm³/mol. The van der Waals surface area contributed by atoms with E-state index in [2.05, 4.69) is 17.2 Å². The largest absolute Gasteiger partial charge is 0.322 e. The van der Waals surface area contributed by atoms with Gasteiger partial charge in [-0.05, 0) is 36.2 Å². The van der Waals surface area contributed by atoms with Crippen molar-refractivity contribution >= 4 is 23.2 Å². The first-order chi connectivity index (χ1) is 8.70. The molecule has 0 saturated carbocycles. The van der Waals surface area contributed by atoms with Crippen molar-refractivity contribution in [1.82, 2.24) is 4.98 Å². The van der Waals surface area contributed by atoms with Crippen molar-refractivity contribution in [2.45, 2.75) is 13.3 Å². The van der Waals surface area contributed by atoms with Crippen LogP contribution in [-0.4, -0.2) is 10.9 Å². The Morgan fingerprint density at radius 3 is 2.89 bits per heavy atom. The fourth-order valence-electron chi connectivity index (χ4n) is 1.62. The van der Waals surface area contributed by atoms with Crippen molar-refractivity contribution in [2.75, 3.05) is 5.32 Å². The molecule has 2 rings (SSSR count). The highest BCUT2D eigenvalue weighted by Crippen LogP contribution is 2.16. The third-order valence-corrected chi connectivity index (χ3v) is 2.90. The van der Waals surface area contributed by atoms with E-state index in [1.807, 2.05) is 24.3 Å². The van der Waals surface area contributed by atoms with E-state index in [-0.39, 0.29) is 11.1 Å². The summed E-state index contributed by atoms with van der Waals surface area (Å²) >= 11 is 5.87. The summed E-state index contributed by atoms with van der Waals surface area (Å²) in [5.74, 6) is -0.249. The summed E-state index contributed by atoms with van der Waals surface area (Å²) in [6.07, 6.45) is 2.48. The summed E-state index contributed by atoms with van der Waals surface area (Å²) in [4.78, 5) is 15.9. The molecule has 1 aromatic carbocycles. The monoisotopic (exact) mass is 260 g/mol. The molecular weight excluding hydrogens is 248 g/mol. The zero-order valence-corrected chi connectivity index (χ0v) is 10.7. The number of hydrogen-bond acceptors (Lipinski definition) is 2. The third-order valence-electron chi connectivity index (χ3n) is 2.60. The molecule has 1 heterocycles. The molecule has 1 N–H and O–H groups in total. The van der Waals surface area contributed by atoms with E-state index in [1.165, 1.54) is 5.56 Å². The zero-order chi connectivity index (χ0) is 13.0. The van der Waals surface area contributed by atoms with E-state index in [9.17, 15) is 4.79 Å². The normalized spacial score (nSPS) is 10.1. The number of pyridine rings is 1. The van der Waals surface area contributed by atoms with Gasteiger partial charge < -0.3 is 5.32 Å². The topological polar surface area (TPSA) is 42.0 Å². The van der Waals surface area contributed by atoms with E-state index in [0.717, 1.165) is 12.1 Å². The molecule has 0 spiro atoms. The van der Waals surface area contributed by atoms with E-state index in [1.54, 1.807) is 18.3 Å². The van der Waals surface area contributed by atoms with E-state index >= 15 is 0 Å². The number of halogens is 1. The maximum absolute atomic E-state index is 12.0. The van der Waals surface area contributed by atoms with Gasteiger partial charge in [-0.2, -0.15) is 0 Å². The van der Waals surface area contributed by atoms with Gasteiger partial charge in [-0.3, -0.25) is 4.79 Å². The number of benzene rings is 1. The van der Waals surface area contributed by atoms with Crippen LogP contribution in [0.5, 0.6) is 0 Å². The molecule has 0 aliphatic carbocycles. The van der Waals surface area contributed by atoms with Gasteiger partial charge in [-0.25, -0.2) is 4.98 Å². The average Bonchev–Trinajstić information content (AvgIpc) is 2.39. The number of carbonyl (C=O) groups is 1. The SMILES string of the molecule is CCc1cccc(NC(=O)c2cccnc2Cl)c1. The molecule has 92 valence electrons. The highest BCUT2D eigenvalue weighted by atomic mass is 35.5. The third kappa shape index (κ3) is 2.87. The van der Waals surface area contributed by atoms with Gasteiger partial charge in [0.2, 0.25) is 0 Å². The first-order valence-corrected chi connectivity index (χ1v) is 6.09. The minimum absolute atomic E-state index is 0.210. The van der Waals surface area contributed by atoms with Crippen LogP contribution in [0, 0.1) is 0 Å². The van der Waals surface area contributed by atoms with Crippen LogP contribution in [0.1, 0.15) is 22.8 Å². The van der Waals surface area contributed by atoms with Crippen LogP contribution in [0.15, 0.2) is 42.6 Å². The van der Waals surface area contributed by atoms with Crippen LogP contribution >= 0.6 is 11.6 Å². The minimum atomic E-state index is -0.249. The maximum Gasteiger partial charge on any atom is 0.258 e. The summed E-state index contributed by atoms with van der Waals surface area (Å²) in [5.41, 5.74) is 2.31. The molecule has 4 heteroatoms. The van der Waals surface area contributed by atoms with Crippen LogP contribution in [0.4, 0.5) is 5.69 Å². The van der Waals surface area contributed by atoms with Gasteiger partial charge in [0.1, 0.15) is 5.15 Å². The van der Waals surface area contributed by atoms with Crippen molar-refractivity contribution in [3.8, 4) is 0 Å². The van der Waals surface area contributed by atoms with Crippen molar-refractivity contribution in [3.63, 3.8) is 0 Å². The Kier molecular flexibility index (Phi) is 3.95. The molecule has 3 nitrogen and oxygen atoms in total. The lowest BCUT2D eigenvalue weighted by Gasteiger charge is -2.07. The predicted octanol–water partition coefficient (Wildman–Crippen LogP) is 3.55. The molecule has 0 aliphatic heterocycles. The molecule has 0 aliphatic rings. The highest BCUT2D eigenvalue weighted by molar-refractivity contribution is 6.33. The highest BCUT2D eigenvalue weighted by Gasteiger charge is 2.10. The van der Waals surface area contributed by atoms with Gasteiger partial charge in [0.15, 0.2) is 0 Å². The van der Waals surface area contributed by atoms with Crippen LogP contribution < -0.4 is 5.32 Å². The Balaban J connectivity index is 2.19. The molecule has 0 unspecified atom stereocenters. The van der Waals surface area contributed by atoms with E-state index < -0.39 is 0 Å².